The Balaban J connectivity index is 2.35. The van der Waals surface area contributed by atoms with Crippen molar-refractivity contribution in [3.8, 4) is 0 Å². The van der Waals surface area contributed by atoms with Crippen LogP contribution in [0.2, 0.25) is 0 Å². The fourth-order valence-electron chi connectivity index (χ4n) is 1.59. The van der Waals surface area contributed by atoms with E-state index in [-0.39, 0.29) is 17.9 Å². The predicted molar refractivity (Wildman–Crippen MR) is 78.6 cm³/mol. The van der Waals surface area contributed by atoms with Gasteiger partial charge in [-0.1, -0.05) is 27.7 Å². The Morgan fingerprint density at radius 1 is 1.53 bits per heavy atom. The summed E-state index contributed by atoms with van der Waals surface area (Å²) in [7, 11) is 0. The van der Waals surface area contributed by atoms with E-state index in [2.05, 4.69) is 24.1 Å². The first-order valence-corrected chi connectivity index (χ1v) is 7.52. The van der Waals surface area contributed by atoms with Crippen molar-refractivity contribution in [2.75, 3.05) is 13.2 Å². The zero-order valence-corrected chi connectivity index (χ0v) is 13.0. The largest absolute Gasteiger partial charge is 0.396 e. The summed E-state index contributed by atoms with van der Waals surface area (Å²) in [6, 6.07) is 0. The molecule has 1 heterocycles. The molecule has 0 atom stereocenters. The van der Waals surface area contributed by atoms with Crippen molar-refractivity contribution in [3.05, 3.63) is 16.1 Å². The lowest BCUT2D eigenvalue weighted by molar-refractivity contribution is 0.0952. The third-order valence-electron chi connectivity index (χ3n) is 2.99. The average Bonchev–Trinajstić information content (AvgIpc) is 2.84. The highest BCUT2D eigenvalue weighted by atomic mass is 32.1. The summed E-state index contributed by atoms with van der Waals surface area (Å²) in [6.45, 7) is 8.99. The van der Waals surface area contributed by atoms with Gasteiger partial charge in [0.1, 0.15) is 4.88 Å². The molecule has 5 heteroatoms. The molecular formula is C14H24N2O2S. The molecule has 0 aliphatic heterocycles. The molecule has 1 aromatic heterocycles. The maximum atomic E-state index is 11.9. The molecule has 1 aromatic rings. The Morgan fingerprint density at radius 3 is 2.74 bits per heavy atom. The highest BCUT2D eigenvalue weighted by molar-refractivity contribution is 7.13. The van der Waals surface area contributed by atoms with Gasteiger partial charge in [0.2, 0.25) is 0 Å². The molecular weight excluding hydrogens is 260 g/mol. The van der Waals surface area contributed by atoms with Gasteiger partial charge in [-0.3, -0.25) is 4.79 Å². The van der Waals surface area contributed by atoms with Crippen molar-refractivity contribution in [2.45, 2.75) is 46.5 Å². The zero-order valence-electron chi connectivity index (χ0n) is 12.2. The number of amides is 1. The highest BCUT2D eigenvalue weighted by Crippen LogP contribution is 2.22. The molecule has 0 saturated heterocycles. The lowest BCUT2D eigenvalue weighted by atomic mass is 9.89. The first-order valence-electron chi connectivity index (χ1n) is 6.70. The van der Waals surface area contributed by atoms with E-state index in [0.717, 1.165) is 17.8 Å². The lowest BCUT2D eigenvalue weighted by Crippen LogP contribution is -2.25. The van der Waals surface area contributed by atoms with E-state index in [1.807, 2.05) is 13.8 Å². The van der Waals surface area contributed by atoms with E-state index in [4.69, 9.17) is 5.11 Å². The van der Waals surface area contributed by atoms with Crippen molar-refractivity contribution in [1.29, 1.82) is 0 Å². The van der Waals surface area contributed by atoms with E-state index in [1.165, 1.54) is 11.3 Å². The van der Waals surface area contributed by atoms with E-state index in [9.17, 15) is 4.79 Å². The molecule has 0 fully saturated rings. The van der Waals surface area contributed by atoms with Gasteiger partial charge in [-0.2, -0.15) is 0 Å². The molecule has 4 nitrogen and oxygen atoms in total. The zero-order chi connectivity index (χ0) is 14.5. The van der Waals surface area contributed by atoms with Gasteiger partial charge in [0, 0.05) is 19.1 Å². The van der Waals surface area contributed by atoms with Crippen molar-refractivity contribution in [1.82, 2.24) is 10.3 Å². The van der Waals surface area contributed by atoms with Crippen LogP contribution in [-0.4, -0.2) is 29.1 Å². The van der Waals surface area contributed by atoms with Crippen LogP contribution in [0.25, 0.3) is 0 Å². The summed E-state index contributed by atoms with van der Waals surface area (Å²) in [5, 5.41) is 13.0. The van der Waals surface area contributed by atoms with E-state index in [0.29, 0.717) is 17.3 Å². The van der Waals surface area contributed by atoms with Gasteiger partial charge in [0.15, 0.2) is 0 Å². The fourth-order valence-corrected chi connectivity index (χ4v) is 2.43. The van der Waals surface area contributed by atoms with Crippen LogP contribution in [-0.2, 0) is 0 Å². The number of nitrogens with one attached hydrogen (secondary N) is 1. The van der Waals surface area contributed by atoms with Gasteiger partial charge in [0.05, 0.1) is 11.2 Å². The maximum Gasteiger partial charge on any atom is 0.263 e. The second-order valence-electron chi connectivity index (χ2n) is 5.90. The van der Waals surface area contributed by atoms with Crippen LogP contribution in [0.4, 0.5) is 0 Å². The smallest absolute Gasteiger partial charge is 0.263 e. The van der Waals surface area contributed by atoms with Gasteiger partial charge in [-0.15, -0.1) is 11.3 Å². The molecule has 1 amide bonds. The molecule has 1 rings (SSSR count). The van der Waals surface area contributed by atoms with Crippen LogP contribution in [0.1, 0.15) is 61.1 Å². The molecule has 19 heavy (non-hydrogen) atoms. The summed E-state index contributed by atoms with van der Waals surface area (Å²) >= 11 is 1.45. The topological polar surface area (TPSA) is 62.2 Å². The van der Waals surface area contributed by atoms with Crippen molar-refractivity contribution in [3.63, 3.8) is 0 Å². The predicted octanol–water partition coefficient (Wildman–Crippen LogP) is 2.80. The van der Waals surface area contributed by atoms with Crippen LogP contribution in [0.5, 0.6) is 0 Å². The second-order valence-corrected chi connectivity index (χ2v) is 6.96. The fraction of sp³-hybridized carbons (Fsp3) is 0.714. The van der Waals surface area contributed by atoms with Gasteiger partial charge >= 0.3 is 0 Å². The van der Waals surface area contributed by atoms with Crippen LogP contribution >= 0.6 is 11.3 Å². The van der Waals surface area contributed by atoms with Crippen LogP contribution < -0.4 is 5.32 Å². The SMILES string of the molecule is CC(C)c1ncc(C(=O)NCCCC(C)(C)CO)s1. The first kappa shape index (κ1) is 16.1. The first-order chi connectivity index (χ1) is 8.85. The summed E-state index contributed by atoms with van der Waals surface area (Å²) in [4.78, 5) is 16.8. The molecule has 0 radical (unpaired) electrons. The molecule has 2 N–H and O–H groups in total. The minimum atomic E-state index is -0.0694. The Bertz CT molecular complexity index is 413. The Morgan fingerprint density at radius 2 is 2.21 bits per heavy atom. The second kappa shape index (κ2) is 7.01. The van der Waals surface area contributed by atoms with E-state index < -0.39 is 0 Å². The molecule has 0 aromatic carbocycles. The van der Waals surface area contributed by atoms with Crippen LogP contribution in [0, 0.1) is 5.41 Å². The number of hydrogen-bond acceptors (Lipinski definition) is 4. The minimum Gasteiger partial charge on any atom is -0.396 e. The third kappa shape index (κ3) is 5.28. The number of aliphatic hydroxyl groups excluding tert-OH is 1. The summed E-state index contributed by atoms with van der Waals surface area (Å²) in [5.74, 6) is 0.308. The summed E-state index contributed by atoms with van der Waals surface area (Å²) in [5.41, 5.74) is -0.0694. The Labute approximate surface area is 119 Å². The number of carbonyl (C=O) groups is 1. The summed E-state index contributed by atoms with van der Waals surface area (Å²) < 4.78 is 0. The van der Waals surface area contributed by atoms with E-state index >= 15 is 0 Å². The number of hydrogen-bond donors (Lipinski definition) is 2. The molecule has 0 aliphatic rings. The normalized spacial score (nSPS) is 11.9. The average molecular weight is 284 g/mol. The molecule has 0 bridgehead atoms. The van der Waals surface area contributed by atoms with Crippen molar-refractivity contribution < 1.29 is 9.90 Å². The number of aromatic nitrogens is 1. The number of aliphatic hydroxyl groups is 1. The summed E-state index contributed by atoms with van der Waals surface area (Å²) in [6.07, 6.45) is 3.41. The molecule has 0 unspecified atom stereocenters. The monoisotopic (exact) mass is 284 g/mol. The van der Waals surface area contributed by atoms with Gasteiger partial charge < -0.3 is 10.4 Å². The molecule has 0 spiro atoms. The van der Waals surface area contributed by atoms with E-state index in [1.54, 1.807) is 6.20 Å². The molecule has 108 valence electrons. The van der Waals surface area contributed by atoms with Gasteiger partial charge in [0.25, 0.3) is 5.91 Å². The Hall–Kier alpha value is -0.940. The van der Waals surface area contributed by atoms with Gasteiger partial charge in [-0.05, 0) is 18.3 Å². The number of rotatable bonds is 7. The van der Waals surface area contributed by atoms with Crippen LogP contribution in [0.15, 0.2) is 6.20 Å². The van der Waals surface area contributed by atoms with Gasteiger partial charge in [-0.25, -0.2) is 4.98 Å². The minimum absolute atomic E-state index is 0.0498. The number of carbonyl (C=O) groups excluding carboxylic acids is 1. The molecule has 0 aliphatic carbocycles. The standard InChI is InChI=1S/C14H24N2O2S/c1-10(2)13-16-8-11(19-13)12(18)15-7-5-6-14(3,4)9-17/h8,10,17H,5-7,9H2,1-4H3,(H,15,18). The number of nitrogens with zero attached hydrogens (tertiary/aromatic N) is 1. The Kier molecular flexibility index (Phi) is 5.94. The lowest BCUT2D eigenvalue weighted by Gasteiger charge is -2.21. The number of thiazole rings is 1. The third-order valence-corrected chi connectivity index (χ3v) is 4.28. The van der Waals surface area contributed by atoms with Crippen molar-refractivity contribution in [2.24, 2.45) is 5.41 Å². The van der Waals surface area contributed by atoms with Crippen molar-refractivity contribution >= 4 is 17.2 Å². The quantitative estimate of drug-likeness (QED) is 0.757. The molecule has 0 saturated carbocycles. The van der Waals surface area contributed by atoms with Crippen LogP contribution in [0.3, 0.4) is 0 Å². The highest BCUT2D eigenvalue weighted by Gasteiger charge is 2.16. The maximum absolute atomic E-state index is 11.9.